The van der Waals surface area contributed by atoms with E-state index in [9.17, 15) is 18.0 Å². The van der Waals surface area contributed by atoms with Crippen molar-refractivity contribution in [3.63, 3.8) is 0 Å². The first-order valence-electron chi connectivity index (χ1n) is 13.2. The topological polar surface area (TPSA) is 102 Å². The molecule has 0 saturated carbocycles. The van der Waals surface area contributed by atoms with Gasteiger partial charge in [0.2, 0.25) is 0 Å². The molecule has 0 aliphatic heterocycles. The second kappa shape index (κ2) is 11.4. The SMILES string of the molecule is COc1ccc(Cl)cc1C(=O)CCCc1ccc(S(=O)(=O)NC(=O)Nc2c3c(cc4c2CCC4)CCC3)cc1. The summed E-state index contributed by atoms with van der Waals surface area (Å²) in [6.07, 6.45) is 7.32. The molecule has 0 saturated heterocycles. The zero-order chi connectivity index (χ0) is 27.6. The number of hydrogen-bond acceptors (Lipinski definition) is 5. The summed E-state index contributed by atoms with van der Waals surface area (Å²) in [6, 6.07) is 12.8. The standard InChI is InChI=1S/C30H31ClN2O5S/c1-38-28-16-13-22(31)18-26(28)27(34)10-2-5-19-11-14-23(15-12-19)39(36,37)33-30(35)32-29-24-8-3-6-20(24)17-21-7-4-9-25(21)29/h11-18H,2-10H2,1H3,(H2,32,33,35). The number of benzene rings is 3. The first-order chi connectivity index (χ1) is 18.7. The summed E-state index contributed by atoms with van der Waals surface area (Å²) in [4.78, 5) is 25.5. The molecule has 3 aromatic rings. The Morgan fingerprint density at radius 1 is 0.923 bits per heavy atom. The molecule has 0 spiro atoms. The summed E-state index contributed by atoms with van der Waals surface area (Å²) >= 11 is 6.03. The molecule has 2 aliphatic carbocycles. The van der Waals surface area contributed by atoms with Gasteiger partial charge in [0.25, 0.3) is 10.0 Å². The van der Waals surface area contributed by atoms with Crippen LogP contribution >= 0.6 is 11.6 Å². The zero-order valence-corrected chi connectivity index (χ0v) is 23.4. The van der Waals surface area contributed by atoms with Crippen molar-refractivity contribution in [3.05, 3.63) is 86.9 Å². The number of rotatable bonds is 9. The quantitative estimate of drug-likeness (QED) is 0.307. The van der Waals surface area contributed by atoms with Crippen molar-refractivity contribution in [2.75, 3.05) is 12.4 Å². The van der Waals surface area contributed by atoms with Gasteiger partial charge in [-0.05, 0) is 110 Å². The number of aryl methyl sites for hydroxylation is 3. The van der Waals surface area contributed by atoms with E-state index in [0.717, 1.165) is 60.9 Å². The third-order valence-electron chi connectivity index (χ3n) is 7.50. The van der Waals surface area contributed by atoms with Gasteiger partial charge in [-0.2, -0.15) is 0 Å². The minimum absolute atomic E-state index is 0.00431. The average molecular weight is 567 g/mol. The summed E-state index contributed by atoms with van der Waals surface area (Å²) < 4.78 is 33.3. The third kappa shape index (κ3) is 5.97. The fourth-order valence-corrected chi connectivity index (χ4v) is 6.69. The summed E-state index contributed by atoms with van der Waals surface area (Å²) in [5, 5.41) is 3.33. The molecule has 5 rings (SSSR count). The molecule has 0 fully saturated rings. The van der Waals surface area contributed by atoms with E-state index in [1.54, 1.807) is 30.3 Å². The lowest BCUT2D eigenvalue weighted by atomic mass is 9.99. The van der Waals surface area contributed by atoms with Crippen LogP contribution < -0.4 is 14.8 Å². The van der Waals surface area contributed by atoms with Gasteiger partial charge in [0, 0.05) is 17.1 Å². The monoisotopic (exact) mass is 566 g/mol. The van der Waals surface area contributed by atoms with Crippen molar-refractivity contribution in [3.8, 4) is 5.75 Å². The van der Waals surface area contributed by atoms with Gasteiger partial charge in [0.05, 0.1) is 17.6 Å². The lowest BCUT2D eigenvalue weighted by Crippen LogP contribution is -2.35. The molecule has 3 aromatic carbocycles. The smallest absolute Gasteiger partial charge is 0.333 e. The van der Waals surface area contributed by atoms with Crippen LogP contribution in [-0.4, -0.2) is 27.3 Å². The molecule has 39 heavy (non-hydrogen) atoms. The number of sulfonamides is 1. The Morgan fingerprint density at radius 3 is 2.23 bits per heavy atom. The number of carbonyl (C=O) groups excluding carboxylic acids is 2. The van der Waals surface area contributed by atoms with Crippen LogP contribution in [0.1, 0.15) is 63.9 Å². The molecule has 0 unspecified atom stereocenters. The van der Waals surface area contributed by atoms with E-state index in [4.69, 9.17) is 16.3 Å². The number of amides is 2. The van der Waals surface area contributed by atoms with Gasteiger partial charge in [0.1, 0.15) is 5.75 Å². The number of methoxy groups -OCH3 is 1. The first-order valence-corrected chi connectivity index (χ1v) is 15.1. The molecule has 0 radical (unpaired) electrons. The lowest BCUT2D eigenvalue weighted by Gasteiger charge is -2.16. The second-order valence-electron chi connectivity index (χ2n) is 10.1. The third-order valence-corrected chi connectivity index (χ3v) is 9.09. The summed E-state index contributed by atoms with van der Waals surface area (Å²) in [5.74, 6) is 0.412. The highest BCUT2D eigenvalue weighted by atomic mass is 35.5. The van der Waals surface area contributed by atoms with E-state index in [1.807, 2.05) is 0 Å². The largest absolute Gasteiger partial charge is 0.496 e. The number of carbonyl (C=O) groups is 2. The number of anilines is 1. The fourth-order valence-electron chi connectivity index (χ4n) is 5.61. The van der Waals surface area contributed by atoms with Crippen LogP contribution in [0.4, 0.5) is 10.5 Å². The number of hydrogen-bond donors (Lipinski definition) is 2. The molecule has 0 atom stereocenters. The fraction of sp³-hybridized carbons (Fsp3) is 0.333. The Bertz CT molecular complexity index is 1500. The predicted molar refractivity (Wildman–Crippen MR) is 152 cm³/mol. The summed E-state index contributed by atoms with van der Waals surface area (Å²) in [7, 11) is -2.54. The Labute approximate surface area is 234 Å². The maximum Gasteiger partial charge on any atom is 0.333 e. The van der Waals surface area contributed by atoms with Crippen LogP contribution in [0.3, 0.4) is 0 Å². The number of urea groups is 1. The van der Waals surface area contributed by atoms with Gasteiger partial charge in [-0.3, -0.25) is 4.79 Å². The number of ether oxygens (including phenoxy) is 1. The average Bonchev–Trinajstić information content (AvgIpc) is 3.58. The number of nitrogens with one attached hydrogen (secondary N) is 2. The van der Waals surface area contributed by atoms with Crippen molar-refractivity contribution >= 4 is 39.1 Å². The van der Waals surface area contributed by atoms with Crippen molar-refractivity contribution in [2.45, 2.75) is 62.7 Å². The van der Waals surface area contributed by atoms with Crippen LogP contribution in [0.5, 0.6) is 5.75 Å². The molecule has 2 N–H and O–H groups in total. The Morgan fingerprint density at radius 2 is 1.59 bits per heavy atom. The maximum absolute atomic E-state index is 12.9. The Hall–Kier alpha value is -3.36. The molecule has 9 heteroatoms. The highest BCUT2D eigenvalue weighted by Gasteiger charge is 2.26. The van der Waals surface area contributed by atoms with E-state index in [1.165, 1.54) is 30.4 Å². The van der Waals surface area contributed by atoms with Crippen molar-refractivity contribution in [1.29, 1.82) is 0 Å². The van der Waals surface area contributed by atoms with Gasteiger partial charge < -0.3 is 10.1 Å². The maximum atomic E-state index is 12.9. The van der Waals surface area contributed by atoms with Crippen LogP contribution in [0, 0.1) is 0 Å². The Kier molecular flexibility index (Phi) is 7.96. The number of ketones is 1. The molecule has 2 amide bonds. The van der Waals surface area contributed by atoms with Crippen LogP contribution in [-0.2, 0) is 42.1 Å². The summed E-state index contributed by atoms with van der Waals surface area (Å²) in [6.45, 7) is 0. The minimum Gasteiger partial charge on any atom is -0.496 e. The van der Waals surface area contributed by atoms with E-state index in [0.29, 0.717) is 35.6 Å². The molecule has 7 nitrogen and oxygen atoms in total. The number of fused-ring (bicyclic) bond motifs is 2. The normalized spacial score (nSPS) is 14.0. The molecule has 0 heterocycles. The molecule has 2 aliphatic rings. The second-order valence-corrected chi connectivity index (χ2v) is 12.2. The van der Waals surface area contributed by atoms with E-state index in [2.05, 4.69) is 16.1 Å². The molecule has 204 valence electrons. The summed E-state index contributed by atoms with van der Waals surface area (Å²) in [5.41, 5.74) is 6.93. The van der Waals surface area contributed by atoms with E-state index >= 15 is 0 Å². The molecular formula is C30H31ClN2O5S. The van der Waals surface area contributed by atoms with Crippen molar-refractivity contribution in [2.24, 2.45) is 0 Å². The van der Waals surface area contributed by atoms with E-state index in [-0.39, 0.29) is 10.7 Å². The van der Waals surface area contributed by atoms with Crippen molar-refractivity contribution < 1.29 is 22.7 Å². The van der Waals surface area contributed by atoms with Gasteiger partial charge in [-0.15, -0.1) is 0 Å². The lowest BCUT2D eigenvalue weighted by molar-refractivity contribution is 0.0977. The van der Waals surface area contributed by atoms with Gasteiger partial charge in [-0.1, -0.05) is 29.8 Å². The predicted octanol–water partition coefficient (Wildman–Crippen LogP) is 6.04. The molecular weight excluding hydrogens is 536 g/mol. The Balaban J connectivity index is 1.19. The van der Waals surface area contributed by atoms with Crippen LogP contribution in [0.25, 0.3) is 0 Å². The molecule has 0 aromatic heterocycles. The molecule has 0 bridgehead atoms. The first kappa shape index (κ1) is 27.2. The van der Waals surface area contributed by atoms with Crippen LogP contribution in [0.2, 0.25) is 5.02 Å². The van der Waals surface area contributed by atoms with Gasteiger partial charge >= 0.3 is 6.03 Å². The van der Waals surface area contributed by atoms with Gasteiger partial charge in [-0.25, -0.2) is 17.9 Å². The number of halogens is 1. The minimum atomic E-state index is -4.05. The van der Waals surface area contributed by atoms with Crippen molar-refractivity contribution in [1.82, 2.24) is 4.72 Å². The van der Waals surface area contributed by atoms with Gasteiger partial charge in [0.15, 0.2) is 5.78 Å². The number of Topliss-reactive ketones (excluding diaryl/α,β-unsaturated/α-hetero) is 1. The van der Waals surface area contributed by atoms with E-state index < -0.39 is 16.1 Å². The highest BCUT2D eigenvalue weighted by molar-refractivity contribution is 7.90. The van der Waals surface area contributed by atoms with Crippen LogP contribution in [0.15, 0.2) is 53.4 Å². The zero-order valence-electron chi connectivity index (χ0n) is 21.8. The highest BCUT2D eigenvalue weighted by Crippen LogP contribution is 2.38.